The molecule has 3 rings (SSSR count). The van der Waals surface area contributed by atoms with Gasteiger partial charge in [-0.15, -0.1) is 10.2 Å². The Balaban J connectivity index is 1.55. The number of nitrogens with one attached hydrogen (secondary N) is 2. The number of hydrogen-bond acceptors (Lipinski definition) is 5. The molecule has 1 aromatic carbocycles. The minimum atomic E-state index is -0.384. The Kier molecular flexibility index (Phi) is 8.24. The van der Waals surface area contributed by atoms with Crippen molar-refractivity contribution in [1.82, 2.24) is 25.4 Å². The standard InChI is InChI=1S/C21H27Cl2N5O2S/c1-12-6-4-5-7-17(12)25-18(29)11-31-21-27-26-19(28(21)3)13(2)24-20(30)14-8-9-15(22)16(23)10-14/h8-10,12-13,17H,4-7,11H2,1-3H3,(H,24,30)(H,25,29)/t12-,13+,17-/m1/s1. The van der Waals surface area contributed by atoms with E-state index in [1.807, 2.05) is 14.0 Å². The van der Waals surface area contributed by atoms with Crippen LogP contribution in [0.4, 0.5) is 0 Å². The van der Waals surface area contributed by atoms with Crippen LogP contribution in [0.5, 0.6) is 0 Å². The van der Waals surface area contributed by atoms with E-state index in [1.165, 1.54) is 30.7 Å². The highest BCUT2D eigenvalue weighted by molar-refractivity contribution is 7.99. The van der Waals surface area contributed by atoms with Crippen LogP contribution < -0.4 is 10.6 Å². The highest BCUT2D eigenvalue weighted by Crippen LogP contribution is 2.25. The summed E-state index contributed by atoms with van der Waals surface area (Å²) in [5, 5.41) is 15.7. The van der Waals surface area contributed by atoms with Gasteiger partial charge in [-0.2, -0.15) is 0 Å². The fourth-order valence-corrected chi connectivity index (χ4v) is 4.75. The first-order valence-corrected chi connectivity index (χ1v) is 12.1. The van der Waals surface area contributed by atoms with Crippen LogP contribution in [-0.4, -0.2) is 38.4 Å². The number of hydrogen-bond donors (Lipinski definition) is 2. The first-order valence-electron chi connectivity index (χ1n) is 10.3. The van der Waals surface area contributed by atoms with Gasteiger partial charge in [-0.3, -0.25) is 9.59 Å². The molecular weight excluding hydrogens is 457 g/mol. The van der Waals surface area contributed by atoms with E-state index < -0.39 is 0 Å². The predicted molar refractivity (Wildman–Crippen MR) is 124 cm³/mol. The van der Waals surface area contributed by atoms with E-state index in [0.29, 0.717) is 32.5 Å². The molecule has 1 saturated carbocycles. The van der Waals surface area contributed by atoms with Crippen molar-refractivity contribution in [2.45, 2.75) is 56.8 Å². The topological polar surface area (TPSA) is 88.9 Å². The molecule has 0 saturated heterocycles. The van der Waals surface area contributed by atoms with Crippen molar-refractivity contribution in [3.8, 4) is 0 Å². The zero-order valence-corrected chi connectivity index (χ0v) is 20.2. The molecule has 0 aliphatic heterocycles. The van der Waals surface area contributed by atoms with Crippen molar-refractivity contribution in [3.63, 3.8) is 0 Å². The van der Waals surface area contributed by atoms with Gasteiger partial charge in [0.2, 0.25) is 5.91 Å². The molecule has 1 fully saturated rings. The molecule has 0 radical (unpaired) electrons. The van der Waals surface area contributed by atoms with Crippen molar-refractivity contribution >= 4 is 46.8 Å². The maximum Gasteiger partial charge on any atom is 0.251 e. The van der Waals surface area contributed by atoms with Gasteiger partial charge in [0.1, 0.15) is 0 Å². The van der Waals surface area contributed by atoms with Crippen molar-refractivity contribution in [2.75, 3.05) is 5.75 Å². The normalized spacial score (nSPS) is 19.6. The average molecular weight is 484 g/mol. The van der Waals surface area contributed by atoms with Crippen molar-refractivity contribution in [1.29, 1.82) is 0 Å². The Morgan fingerprint density at radius 2 is 1.97 bits per heavy atom. The molecule has 0 spiro atoms. The Labute approximate surface area is 196 Å². The third kappa shape index (κ3) is 6.14. The number of rotatable bonds is 7. The Morgan fingerprint density at radius 1 is 1.23 bits per heavy atom. The summed E-state index contributed by atoms with van der Waals surface area (Å²) in [5.74, 6) is 1.11. The van der Waals surface area contributed by atoms with Crippen LogP contribution in [0, 0.1) is 5.92 Å². The van der Waals surface area contributed by atoms with Crippen molar-refractivity contribution < 1.29 is 9.59 Å². The van der Waals surface area contributed by atoms with Crippen LogP contribution in [0.2, 0.25) is 10.0 Å². The average Bonchev–Trinajstić information content (AvgIpc) is 3.10. The lowest BCUT2D eigenvalue weighted by atomic mass is 9.86. The first kappa shape index (κ1) is 23.9. The summed E-state index contributed by atoms with van der Waals surface area (Å²) >= 11 is 13.2. The summed E-state index contributed by atoms with van der Waals surface area (Å²) in [5.41, 5.74) is 0.409. The highest BCUT2D eigenvalue weighted by atomic mass is 35.5. The van der Waals surface area contributed by atoms with E-state index in [0.717, 1.165) is 12.8 Å². The molecule has 10 heteroatoms. The molecular formula is C21H27Cl2N5O2S. The minimum absolute atomic E-state index is 0.00858. The lowest BCUT2D eigenvalue weighted by Gasteiger charge is -2.29. The van der Waals surface area contributed by atoms with Crippen LogP contribution in [0.15, 0.2) is 23.4 Å². The minimum Gasteiger partial charge on any atom is -0.352 e. The second-order valence-electron chi connectivity index (χ2n) is 7.95. The van der Waals surface area contributed by atoms with Crippen LogP contribution >= 0.6 is 35.0 Å². The van der Waals surface area contributed by atoms with Crippen molar-refractivity contribution in [3.05, 3.63) is 39.6 Å². The van der Waals surface area contributed by atoms with Gasteiger partial charge in [0.15, 0.2) is 11.0 Å². The number of carbonyl (C=O) groups excluding carboxylic acids is 2. The number of thioether (sulfide) groups is 1. The number of amides is 2. The van der Waals surface area contributed by atoms with E-state index in [2.05, 4.69) is 27.8 Å². The number of halogens is 2. The predicted octanol–water partition coefficient (Wildman–Crippen LogP) is 4.40. The molecule has 2 N–H and O–H groups in total. The zero-order valence-electron chi connectivity index (χ0n) is 17.8. The second kappa shape index (κ2) is 10.7. The van der Waals surface area contributed by atoms with Gasteiger partial charge in [0.05, 0.1) is 21.8 Å². The molecule has 2 aromatic rings. The largest absolute Gasteiger partial charge is 0.352 e. The summed E-state index contributed by atoms with van der Waals surface area (Å²) < 4.78 is 1.79. The zero-order chi connectivity index (χ0) is 22.5. The number of aromatic nitrogens is 3. The maximum absolute atomic E-state index is 12.5. The summed E-state index contributed by atoms with van der Waals surface area (Å²) in [6.07, 6.45) is 4.61. The second-order valence-corrected chi connectivity index (χ2v) is 9.71. The van der Waals surface area contributed by atoms with Crippen molar-refractivity contribution in [2.24, 2.45) is 13.0 Å². The van der Waals surface area contributed by atoms with Gasteiger partial charge in [0.25, 0.3) is 5.91 Å². The van der Waals surface area contributed by atoms with Gasteiger partial charge < -0.3 is 15.2 Å². The summed E-state index contributed by atoms with van der Waals surface area (Å²) in [4.78, 5) is 24.9. The molecule has 0 unspecified atom stereocenters. The molecule has 1 aliphatic rings. The quantitative estimate of drug-likeness (QED) is 0.569. The Morgan fingerprint density at radius 3 is 2.68 bits per heavy atom. The van der Waals surface area contributed by atoms with Gasteiger partial charge in [-0.05, 0) is 43.9 Å². The third-order valence-corrected chi connectivity index (χ3v) is 7.33. The van der Waals surface area contributed by atoms with E-state index in [-0.39, 0.29) is 29.7 Å². The smallest absolute Gasteiger partial charge is 0.251 e. The van der Waals surface area contributed by atoms with Crippen LogP contribution in [-0.2, 0) is 11.8 Å². The van der Waals surface area contributed by atoms with E-state index >= 15 is 0 Å². The van der Waals surface area contributed by atoms with Crippen LogP contribution in [0.3, 0.4) is 0 Å². The SMILES string of the molecule is C[C@H](NC(=O)c1ccc(Cl)c(Cl)c1)c1nnc(SCC(=O)N[C@@H]2CCCC[C@H]2C)n1C. The fraction of sp³-hybridized carbons (Fsp3) is 0.524. The molecule has 0 bridgehead atoms. The monoisotopic (exact) mass is 483 g/mol. The van der Waals surface area contributed by atoms with Crippen LogP contribution in [0.25, 0.3) is 0 Å². The Bertz CT molecular complexity index is 952. The van der Waals surface area contributed by atoms with E-state index in [4.69, 9.17) is 23.2 Å². The van der Waals surface area contributed by atoms with Gasteiger partial charge in [-0.1, -0.05) is 54.7 Å². The first-order chi connectivity index (χ1) is 14.8. The molecule has 31 heavy (non-hydrogen) atoms. The summed E-state index contributed by atoms with van der Waals surface area (Å²) in [7, 11) is 1.82. The number of carbonyl (C=O) groups is 2. The van der Waals surface area contributed by atoms with Gasteiger partial charge >= 0.3 is 0 Å². The third-order valence-electron chi connectivity index (χ3n) is 5.58. The molecule has 2 amide bonds. The summed E-state index contributed by atoms with van der Waals surface area (Å²) in [6.45, 7) is 4.02. The maximum atomic E-state index is 12.5. The molecule has 1 aliphatic carbocycles. The lowest BCUT2D eigenvalue weighted by molar-refractivity contribution is -0.119. The molecule has 1 heterocycles. The molecule has 3 atom stereocenters. The molecule has 7 nitrogen and oxygen atoms in total. The molecule has 168 valence electrons. The number of benzene rings is 1. The number of nitrogens with zero attached hydrogens (tertiary/aromatic N) is 3. The fourth-order valence-electron chi connectivity index (χ4n) is 3.72. The van der Waals surface area contributed by atoms with Gasteiger partial charge in [-0.25, -0.2) is 0 Å². The highest BCUT2D eigenvalue weighted by Gasteiger charge is 2.23. The van der Waals surface area contributed by atoms with E-state index in [1.54, 1.807) is 16.7 Å². The molecule has 1 aromatic heterocycles. The van der Waals surface area contributed by atoms with Gasteiger partial charge in [0, 0.05) is 18.7 Å². The lowest BCUT2D eigenvalue weighted by Crippen LogP contribution is -2.41. The van der Waals surface area contributed by atoms with Crippen LogP contribution in [0.1, 0.15) is 61.8 Å². The van der Waals surface area contributed by atoms with E-state index in [9.17, 15) is 9.59 Å². The Hall–Kier alpha value is -1.77. The summed E-state index contributed by atoms with van der Waals surface area (Å²) in [6, 6.07) is 4.59.